The minimum atomic E-state index is 0.363. The van der Waals surface area contributed by atoms with E-state index in [1.54, 1.807) is 6.26 Å². The molecule has 1 aromatic rings. The average Bonchev–Trinajstić information content (AvgIpc) is 2.86. The Morgan fingerprint density at radius 2 is 1.78 bits per heavy atom. The summed E-state index contributed by atoms with van der Waals surface area (Å²) in [7, 11) is 0. The van der Waals surface area contributed by atoms with Gasteiger partial charge in [0.25, 0.3) is 0 Å². The maximum absolute atomic E-state index is 5.53. The van der Waals surface area contributed by atoms with Crippen LogP contribution >= 0.6 is 0 Å². The van der Waals surface area contributed by atoms with Crippen molar-refractivity contribution in [3.8, 4) is 0 Å². The first kappa shape index (κ1) is 11.1. The molecule has 4 fully saturated rings. The molecule has 2 heteroatoms. The van der Waals surface area contributed by atoms with Gasteiger partial charge in [0.15, 0.2) is 0 Å². The van der Waals surface area contributed by atoms with Crippen LogP contribution in [0.5, 0.6) is 0 Å². The van der Waals surface area contributed by atoms with E-state index in [0.29, 0.717) is 6.04 Å². The van der Waals surface area contributed by atoms with Gasteiger partial charge in [-0.3, -0.25) is 0 Å². The minimum absolute atomic E-state index is 0.363. The fraction of sp³-hybridized carbons (Fsp3) is 0.750. The van der Waals surface area contributed by atoms with Gasteiger partial charge in [0, 0.05) is 6.04 Å². The van der Waals surface area contributed by atoms with E-state index in [1.165, 1.54) is 32.1 Å². The second kappa shape index (κ2) is 4.12. The number of rotatable bonds is 3. The van der Waals surface area contributed by atoms with E-state index in [1.807, 2.05) is 6.07 Å². The molecular weight excluding hydrogens is 222 g/mol. The summed E-state index contributed by atoms with van der Waals surface area (Å²) < 4.78 is 5.53. The zero-order valence-corrected chi connectivity index (χ0v) is 11.1. The van der Waals surface area contributed by atoms with Gasteiger partial charge >= 0.3 is 0 Å². The zero-order valence-electron chi connectivity index (χ0n) is 11.1. The van der Waals surface area contributed by atoms with Crippen LogP contribution in [0.15, 0.2) is 22.8 Å². The maximum atomic E-state index is 5.53. The van der Waals surface area contributed by atoms with Gasteiger partial charge in [-0.15, -0.1) is 0 Å². The summed E-state index contributed by atoms with van der Waals surface area (Å²) >= 11 is 0. The van der Waals surface area contributed by atoms with E-state index in [-0.39, 0.29) is 0 Å². The molecule has 4 saturated carbocycles. The molecule has 0 spiro atoms. The Kier molecular flexibility index (Phi) is 2.54. The van der Waals surface area contributed by atoms with E-state index in [4.69, 9.17) is 4.42 Å². The first-order valence-electron chi connectivity index (χ1n) is 7.59. The minimum Gasteiger partial charge on any atom is -0.468 e. The molecule has 1 aromatic heterocycles. The van der Waals surface area contributed by atoms with Crippen LogP contribution in [-0.2, 0) is 0 Å². The highest BCUT2D eigenvalue weighted by molar-refractivity contribution is 5.07. The second-order valence-electron chi connectivity index (χ2n) is 6.86. The Bertz CT molecular complexity index is 383. The van der Waals surface area contributed by atoms with Gasteiger partial charge in [0.2, 0.25) is 0 Å². The SMILES string of the molecule is C[C@H](NC1C2CC3CC(C2)CC1C3)c1ccco1. The van der Waals surface area contributed by atoms with Gasteiger partial charge in [-0.25, -0.2) is 0 Å². The first-order chi connectivity index (χ1) is 8.79. The fourth-order valence-corrected chi connectivity index (χ4v) is 5.11. The summed E-state index contributed by atoms with van der Waals surface area (Å²) in [5.74, 6) is 5.09. The number of nitrogens with one attached hydrogen (secondary N) is 1. The van der Waals surface area contributed by atoms with E-state index in [9.17, 15) is 0 Å². The summed E-state index contributed by atoms with van der Waals surface area (Å²) in [5.41, 5.74) is 0. The molecule has 18 heavy (non-hydrogen) atoms. The molecule has 0 unspecified atom stereocenters. The van der Waals surface area contributed by atoms with Gasteiger partial charge in [-0.05, 0) is 74.8 Å². The Morgan fingerprint density at radius 3 is 2.33 bits per heavy atom. The lowest BCUT2D eigenvalue weighted by Gasteiger charge is -2.55. The third-order valence-corrected chi connectivity index (χ3v) is 5.64. The van der Waals surface area contributed by atoms with Crippen molar-refractivity contribution in [1.29, 1.82) is 0 Å². The molecule has 98 valence electrons. The molecule has 1 heterocycles. The molecule has 2 nitrogen and oxygen atoms in total. The highest BCUT2D eigenvalue weighted by Gasteiger charge is 2.48. The summed E-state index contributed by atoms with van der Waals surface area (Å²) in [6, 6.07) is 5.19. The van der Waals surface area contributed by atoms with Crippen LogP contribution in [0.1, 0.15) is 50.8 Å². The van der Waals surface area contributed by atoms with Crippen molar-refractivity contribution in [3.05, 3.63) is 24.2 Å². The second-order valence-corrected chi connectivity index (χ2v) is 6.86. The van der Waals surface area contributed by atoms with Crippen LogP contribution in [0.4, 0.5) is 0 Å². The number of hydrogen-bond donors (Lipinski definition) is 1. The molecule has 0 aromatic carbocycles. The number of hydrogen-bond acceptors (Lipinski definition) is 2. The smallest absolute Gasteiger partial charge is 0.120 e. The van der Waals surface area contributed by atoms with Gasteiger partial charge in [-0.2, -0.15) is 0 Å². The Balaban J connectivity index is 1.49. The molecule has 0 radical (unpaired) electrons. The normalized spacial score (nSPS) is 43.3. The van der Waals surface area contributed by atoms with Crippen LogP contribution < -0.4 is 5.32 Å². The molecule has 4 aliphatic rings. The van der Waals surface area contributed by atoms with Gasteiger partial charge in [-0.1, -0.05) is 0 Å². The quantitative estimate of drug-likeness (QED) is 0.877. The Morgan fingerprint density at radius 1 is 1.11 bits per heavy atom. The Hall–Kier alpha value is -0.760. The summed E-state index contributed by atoms with van der Waals surface area (Å²) in [6.07, 6.45) is 9.24. The predicted octanol–water partition coefficient (Wildman–Crippen LogP) is 3.75. The van der Waals surface area contributed by atoms with Gasteiger partial charge in [0.05, 0.1) is 12.3 Å². The first-order valence-corrected chi connectivity index (χ1v) is 7.59. The van der Waals surface area contributed by atoms with E-state index >= 15 is 0 Å². The Labute approximate surface area is 109 Å². The van der Waals surface area contributed by atoms with E-state index in [2.05, 4.69) is 18.3 Å². The lowest BCUT2D eigenvalue weighted by molar-refractivity contribution is -0.0178. The fourth-order valence-electron chi connectivity index (χ4n) is 5.11. The van der Waals surface area contributed by atoms with E-state index < -0.39 is 0 Å². The van der Waals surface area contributed by atoms with Crippen molar-refractivity contribution in [2.45, 2.75) is 51.1 Å². The van der Waals surface area contributed by atoms with Crippen LogP contribution in [0.2, 0.25) is 0 Å². The maximum Gasteiger partial charge on any atom is 0.120 e. The highest BCUT2D eigenvalue weighted by atomic mass is 16.3. The van der Waals surface area contributed by atoms with Gasteiger partial charge < -0.3 is 9.73 Å². The van der Waals surface area contributed by atoms with Crippen molar-refractivity contribution in [2.24, 2.45) is 23.7 Å². The van der Waals surface area contributed by atoms with Crippen molar-refractivity contribution in [1.82, 2.24) is 5.32 Å². The van der Waals surface area contributed by atoms with Crippen LogP contribution in [0.25, 0.3) is 0 Å². The van der Waals surface area contributed by atoms with Gasteiger partial charge in [0.1, 0.15) is 5.76 Å². The molecule has 4 bridgehead atoms. The van der Waals surface area contributed by atoms with Crippen molar-refractivity contribution >= 4 is 0 Å². The monoisotopic (exact) mass is 245 g/mol. The van der Waals surface area contributed by atoms with E-state index in [0.717, 1.165) is 35.5 Å². The highest BCUT2D eigenvalue weighted by Crippen LogP contribution is 2.54. The topological polar surface area (TPSA) is 25.2 Å². The standard InChI is InChI=1S/C16H23NO/c1-10(15-3-2-4-18-15)17-16-13-6-11-5-12(8-13)9-14(16)7-11/h2-4,10-14,16-17H,5-9H2,1H3/t10-,11?,12?,13?,14?,16?/m0/s1. The lowest BCUT2D eigenvalue weighted by Crippen LogP contribution is -2.54. The molecule has 0 saturated heterocycles. The van der Waals surface area contributed by atoms with Crippen molar-refractivity contribution in [3.63, 3.8) is 0 Å². The van der Waals surface area contributed by atoms with Crippen molar-refractivity contribution < 1.29 is 4.42 Å². The van der Waals surface area contributed by atoms with Crippen LogP contribution in [-0.4, -0.2) is 6.04 Å². The molecular formula is C16H23NO. The molecule has 0 amide bonds. The third-order valence-electron chi connectivity index (χ3n) is 5.64. The molecule has 1 atom stereocenters. The third kappa shape index (κ3) is 1.73. The van der Waals surface area contributed by atoms with Crippen LogP contribution in [0.3, 0.4) is 0 Å². The van der Waals surface area contributed by atoms with Crippen molar-refractivity contribution in [2.75, 3.05) is 0 Å². The number of furan rings is 1. The molecule has 5 rings (SSSR count). The average molecular weight is 245 g/mol. The molecule has 4 aliphatic carbocycles. The summed E-state index contributed by atoms with van der Waals surface area (Å²) in [6.45, 7) is 2.24. The zero-order chi connectivity index (χ0) is 12.1. The lowest BCUT2D eigenvalue weighted by atomic mass is 9.54. The summed E-state index contributed by atoms with van der Waals surface area (Å²) in [4.78, 5) is 0. The van der Waals surface area contributed by atoms with Crippen LogP contribution in [0, 0.1) is 23.7 Å². The summed E-state index contributed by atoms with van der Waals surface area (Å²) in [5, 5.41) is 3.87. The largest absolute Gasteiger partial charge is 0.468 e. The predicted molar refractivity (Wildman–Crippen MR) is 71.1 cm³/mol. The molecule has 0 aliphatic heterocycles. The molecule has 1 N–H and O–H groups in total.